The predicted molar refractivity (Wildman–Crippen MR) is 113 cm³/mol. The normalized spacial score (nSPS) is 10.6. The highest BCUT2D eigenvalue weighted by atomic mass is 32.2. The van der Waals surface area contributed by atoms with E-state index in [1.807, 2.05) is 37.3 Å². The molecular formula is C19H24N4O5S. The third-order valence-electron chi connectivity index (χ3n) is 4.09. The Hall–Kier alpha value is -3.01. The lowest BCUT2D eigenvalue weighted by atomic mass is 10.2. The standard InChI is InChI=1S/C19H24N4O5S/c1-3-9-22(14(24)11-29-12-15(25)28-2)16-17(20)23(19(27)21-18(16)26)10-13-7-5-4-6-8-13/h4-8H,3,9-12,20H2,1-2H3,(H,21,26,27). The number of aromatic nitrogens is 2. The molecular weight excluding hydrogens is 396 g/mol. The van der Waals surface area contributed by atoms with E-state index in [9.17, 15) is 19.2 Å². The number of anilines is 2. The van der Waals surface area contributed by atoms with Crippen LogP contribution >= 0.6 is 11.8 Å². The van der Waals surface area contributed by atoms with Crippen molar-refractivity contribution < 1.29 is 14.3 Å². The topological polar surface area (TPSA) is 127 Å². The molecule has 0 aliphatic heterocycles. The van der Waals surface area contributed by atoms with Gasteiger partial charge in [0.2, 0.25) is 5.91 Å². The molecule has 2 aromatic rings. The molecule has 1 aromatic heterocycles. The summed E-state index contributed by atoms with van der Waals surface area (Å²) >= 11 is 1.08. The van der Waals surface area contributed by atoms with Crippen LogP contribution in [0.1, 0.15) is 18.9 Å². The highest BCUT2D eigenvalue weighted by Gasteiger charge is 2.24. The minimum Gasteiger partial charge on any atom is -0.468 e. The molecule has 2 rings (SSSR count). The molecule has 0 spiro atoms. The predicted octanol–water partition coefficient (Wildman–Crippen LogP) is 0.816. The number of ether oxygens (including phenoxy) is 1. The Morgan fingerprint density at radius 1 is 1.21 bits per heavy atom. The van der Waals surface area contributed by atoms with E-state index in [4.69, 9.17) is 5.73 Å². The molecule has 0 saturated heterocycles. The van der Waals surface area contributed by atoms with Gasteiger partial charge in [0.25, 0.3) is 5.56 Å². The van der Waals surface area contributed by atoms with Gasteiger partial charge in [-0.05, 0) is 12.0 Å². The summed E-state index contributed by atoms with van der Waals surface area (Å²) in [5, 5.41) is 0. The summed E-state index contributed by atoms with van der Waals surface area (Å²) in [6.45, 7) is 2.25. The van der Waals surface area contributed by atoms with Gasteiger partial charge in [-0.15, -0.1) is 11.8 Å². The fourth-order valence-electron chi connectivity index (χ4n) is 2.70. The number of thioether (sulfide) groups is 1. The maximum absolute atomic E-state index is 12.7. The number of H-pyrrole nitrogens is 1. The molecule has 0 aliphatic rings. The second kappa shape index (κ2) is 10.5. The second-order valence-electron chi connectivity index (χ2n) is 6.18. The molecule has 1 aromatic carbocycles. The van der Waals surface area contributed by atoms with Gasteiger partial charge in [0.05, 0.1) is 25.2 Å². The molecule has 0 bridgehead atoms. The highest BCUT2D eigenvalue weighted by molar-refractivity contribution is 8.00. The number of esters is 1. The molecule has 0 radical (unpaired) electrons. The first-order valence-corrected chi connectivity index (χ1v) is 10.2. The number of nitrogens with zero attached hydrogens (tertiary/aromatic N) is 2. The zero-order valence-corrected chi connectivity index (χ0v) is 17.2. The van der Waals surface area contributed by atoms with Crippen LogP contribution in [-0.2, 0) is 20.9 Å². The fourth-order valence-corrected chi connectivity index (χ4v) is 3.42. The van der Waals surface area contributed by atoms with Gasteiger partial charge in [-0.2, -0.15) is 0 Å². The molecule has 0 unspecified atom stereocenters. The van der Waals surface area contributed by atoms with Crippen LogP contribution in [0.5, 0.6) is 0 Å². The summed E-state index contributed by atoms with van der Waals surface area (Å²) in [5.41, 5.74) is 5.55. The van der Waals surface area contributed by atoms with E-state index in [0.717, 1.165) is 17.3 Å². The number of rotatable bonds is 9. The average Bonchev–Trinajstić information content (AvgIpc) is 2.70. The Morgan fingerprint density at radius 2 is 1.90 bits per heavy atom. The van der Waals surface area contributed by atoms with Gasteiger partial charge in [-0.3, -0.25) is 23.9 Å². The maximum atomic E-state index is 12.7. The number of hydrogen-bond donors (Lipinski definition) is 2. The van der Waals surface area contributed by atoms with Gasteiger partial charge >= 0.3 is 11.7 Å². The van der Waals surface area contributed by atoms with Crippen molar-refractivity contribution in [1.82, 2.24) is 9.55 Å². The van der Waals surface area contributed by atoms with Gasteiger partial charge in [0.15, 0.2) is 5.69 Å². The van der Waals surface area contributed by atoms with E-state index < -0.39 is 17.2 Å². The molecule has 1 heterocycles. The van der Waals surface area contributed by atoms with E-state index in [2.05, 4.69) is 9.72 Å². The summed E-state index contributed by atoms with van der Waals surface area (Å²) in [4.78, 5) is 52.3. The Kier molecular flexibility index (Phi) is 8.08. The van der Waals surface area contributed by atoms with Crippen LogP contribution in [0.4, 0.5) is 11.5 Å². The molecule has 3 N–H and O–H groups in total. The number of benzene rings is 1. The van der Waals surface area contributed by atoms with Gasteiger partial charge in [0.1, 0.15) is 5.82 Å². The minimum absolute atomic E-state index is 0.0154. The van der Waals surface area contributed by atoms with E-state index in [1.165, 1.54) is 16.6 Å². The zero-order valence-electron chi connectivity index (χ0n) is 16.3. The number of nitrogen functional groups attached to an aromatic ring is 1. The number of carbonyl (C=O) groups is 2. The number of carbonyl (C=O) groups excluding carboxylic acids is 2. The molecule has 0 fully saturated rings. The molecule has 1 amide bonds. The molecule has 0 atom stereocenters. The second-order valence-corrected chi connectivity index (χ2v) is 7.16. The zero-order chi connectivity index (χ0) is 21.4. The lowest BCUT2D eigenvalue weighted by molar-refractivity contribution is -0.137. The Bertz CT molecular complexity index is 971. The maximum Gasteiger partial charge on any atom is 0.330 e. The number of methoxy groups -OCH3 is 1. The van der Waals surface area contributed by atoms with Crippen molar-refractivity contribution >= 4 is 35.1 Å². The molecule has 156 valence electrons. The van der Waals surface area contributed by atoms with Crippen molar-refractivity contribution in [3.05, 3.63) is 56.7 Å². The first-order valence-electron chi connectivity index (χ1n) is 9.00. The number of nitrogens with two attached hydrogens (primary N) is 1. The summed E-state index contributed by atoms with van der Waals surface area (Å²) in [6, 6.07) is 9.16. The summed E-state index contributed by atoms with van der Waals surface area (Å²) in [6.07, 6.45) is 0.574. The van der Waals surface area contributed by atoms with Crippen molar-refractivity contribution in [1.29, 1.82) is 0 Å². The third kappa shape index (κ3) is 5.74. The first kappa shape index (κ1) is 22.3. The van der Waals surface area contributed by atoms with Crippen LogP contribution in [-0.4, -0.2) is 46.6 Å². The Labute approximate surface area is 171 Å². The van der Waals surface area contributed by atoms with Crippen LogP contribution < -0.4 is 21.9 Å². The SMILES string of the molecule is CCCN(C(=O)CSCC(=O)OC)c1c(N)n(Cc2ccccc2)c(=O)[nH]c1=O. The number of amides is 1. The number of hydrogen-bond acceptors (Lipinski definition) is 7. The van der Waals surface area contributed by atoms with Crippen LogP contribution in [0.25, 0.3) is 0 Å². The largest absolute Gasteiger partial charge is 0.468 e. The Morgan fingerprint density at radius 3 is 2.52 bits per heavy atom. The number of aromatic amines is 1. The van der Waals surface area contributed by atoms with E-state index in [-0.39, 0.29) is 42.0 Å². The molecule has 0 aliphatic carbocycles. The van der Waals surface area contributed by atoms with E-state index in [1.54, 1.807) is 0 Å². The quantitative estimate of drug-likeness (QED) is 0.575. The molecule has 29 heavy (non-hydrogen) atoms. The third-order valence-corrected chi connectivity index (χ3v) is 4.98. The Balaban J connectivity index is 2.36. The van der Waals surface area contributed by atoms with Crippen molar-refractivity contribution in [2.24, 2.45) is 0 Å². The van der Waals surface area contributed by atoms with E-state index in [0.29, 0.717) is 6.42 Å². The molecule has 10 heteroatoms. The smallest absolute Gasteiger partial charge is 0.330 e. The lowest BCUT2D eigenvalue weighted by Crippen LogP contribution is -2.42. The van der Waals surface area contributed by atoms with Crippen LogP contribution in [0.3, 0.4) is 0 Å². The van der Waals surface area contributed by atoms with Crippen LogP contribution in [0, 0.1) is 0 Å². The lowest BCUT2D eigenvalue weighted by Gasteiger charge is -2.24. The first-order chi connectivity index (χ1) is 13.9. The van der Waals surface area contributed by atoms with Crippen molar-refractivity contribution in [3.8, 4) is 0 Å². The average molecular weight is 420 g/mol. The van der Waals surface area contributed by atoms with E-state index >= 15 is 0 Å². The van der Waals surface area contributed by atoms with Crippen molar-refractivity contribution in [2.45, 2.75) is 19.9 Å². The van der Waals surface area contributed by atoms with Gasteiger partial charge in [-0.25, -0.2) is 4.79 Å². The van der Waals surface area contributed by atoms with Gasteiger partial charge < -0.3 is 15.4 Å². The number of nitrogens with one attached hydrogen (secondary N) is 1. The van der Waals surface area contributed by atoms with Gasteiger partial charge in [-0.1, -0.05) is 37.3 Å². The van der Waals surface area contributed by atoms with Crippen LogP contribution in [0.2, 0.25) is 0 Å². The van der Waals surface area contributed by atoms with Crippen LogP contribution in [0.15, 0.2) is 39.9 Å². The summed E-state index contributed by atoms with van der Waals surface area (Å²) in [5.74, 6) is -0.934. The highest BCUT2D eigenvalue weighted by Crippen LogP contribution is 2.19. The summed E-state index contributed by atoms with van der Waals surface area (Å²) in [7, 11) is 1.27. The molecule has 0 saturated carbocycles. The monoisotopic (exact) mass is 420 g/mol. The van der Waals surface area contributed by atoms with Crippen molar-refractivity contribution in [3.63, 3.8) is 0 Å². The fraction of sp³-hybridized carbons (Fsp3) is 0.368. The van der Waals surface area contributed by atoms with Gasteiger partial charge in [0, 0.05) is 6.54 Å². The molecule has 9 nitrogen and oxygen atoms in total. The summed E-state index contributed by atoms with van der Waals surface area (Å²) < 4.78 is 5.78. The minimum atomic E-state index is -0.725. The van der Waals surface area contributed by atoms with Crippen molar-refractivity contribution in [2.75, 3.05) is 35.8 Å².